The maximum absolute atomic E-state index is 12.0. The van der Waals surface area contributed by atoms with Crippen LogP contribution in [0.15, 0.2) is 36.5 Å². The van der Waals surface area contributed by atoms with Crippen LogP contribution in [0.25, 0.3) is 10.9 Å². The van der Waals surface area contributed by atoms with Gasteiger partial charge in [-0.25, -0.2) is 0 Å². The van der Waals surface area contributed by atoms with Crippen molar-refractivity contribution in [3.8, 4) is 0 Å². The lowest BCUT2D eigenvalue weighted by Gasteiger charge is -2.20. The summed E-state index contributed by atoms with van der Waals surface area (Å²) in [6.45, 7) is 1.46. The summed E-state index contributed by atoms with van der Waals surface area (Å²) in [5.41, 5.74) is 0.0693. The first kappa shape index (κ1) is 14.5. The number of aliphatic hydroxyl groups is 1. The summed E-state index contributed by atoms with van der Waals surface area (Å²) in [6.07, 6.45) is 3.49. The Morgan fingerprint density at radius 1 is 1.38 bits per heavy atom. The second kappa shape index (κ2) is 6.12. The molecule has 1 aliphatic heterocycles. The van der Waals surface area contributed by atoms with Crippen molar-refractivity contribution < 1.29 is 9.90 Å². The molecular weight excluding hydrogens is 284 g/mol. The lowest BCUT2D eigenvalue weighted by molar-refractivity contribution is -0.137. The number of amides is 1. The third-order valence-corrected chi connectivity index (χ3v) is 5.14. The highest BCUT2D eigenvalue weighted by molar-refractivity contribution is 7.99. The predicted molar refractivity (Wildman–Crippen MR) is 86.5 cm³/mol. The summed E-state index contributed by atoms with van der Waals surface area (Å²) in [7, 11) is 0. The fourth-order valence-corrected chi connectivity index (χ4v) is 3.92. The number of aryl methyl sites for hydroxylation is 1. The lowest BCUT2D eigenvalue weighted by Crippen LogP contribution is -2.47. The average Bonchev–Trinajstić information content (AvgIpc) is 3.11. The summed E-state index contributed by atoms with van der Waals surface area (Å²) in [4.78, 5) is 12.0. The van der Waals surface area contributed by atoms with E-state index in [2.05, 4.69) is 34.3 Å². The van der Waals surface area contributed by atoms with Gasteiger partial charge < -0.3 is 15.0 Å². The summed E-state index contributed by atoms with van der Waals surface area (Å²) in [5, 5.41) is 14.2. The highest BCUT2D eigenvalue weighted by atomic mass is 32.2. The first-order valence-electron chi connectivity index (χ1n) is 7.31. The highest BCUT2D eigenvalue weighted by Crippen LogP contribution is 2.27. The van der Waals surface area contributed by atoms with Gasteiger partial charge in [0.2, 0.25) is 0 Å². The third-order valence-electron chi connectivity index (χ3n) is 3.97. The molecule has 1 aliphatic rings. The van der Waals surface area contributed by atoms with Crippen molar-refractivity contribution in [3.63, 3.8) is 0 Å². The number of rotatable bonds is 5. The van der Waals surface area contributed by atoms with Gasteiger partial charge in [-0.05, 0) is 36.1 Å². The van der Waals surface area contributed by atoms with Crippen LogP contribution in [-0.4, -0.2) is 39.2 Å². The largest absolute Gasteiger partial charge is 0.379 e. The highest BCUT2D eigenvalue weighted by Gasteiger charge is 2.39. The average molecular weight is 304 g/mol. The van der Waals surface area contributed by atoms with Crippen molar-refractivity contribution in [1.29, 1.82) is 0 Å². The topological polar surface area (TPSA) is 54.3 Å². The molecule has 1 aromatic heterocycles. The van der Waals surface area contributed by atoms with Crippen LogP contribution in [0.3, 0.4) is 0 Å². The van der Waals surface area contributed by atoms with E-state index in [0.717, 1.165) is 18.7 Å². The molecule has 1 fully saturated rings. The molecule has 1 unspecified atom stereocenters. The number of hydrogen-bond donors (Lipinski definition) is 2. The monoisotopic (exact) mass is 304 g/mol. The molecule has 112 valence electrons. The van der Waals surface area contributed by atoms with E-state index in [1.54, 1.807) is 11.8 Å². The molecule has 0 saturated carbocycles. The summed E-state index contributed by atoms with van der Waals surface area (Å²) in [6, 6.07) is 10.4. The number of nitrogens with zero attached hydrogens (tertiary/aromatic N) is 1. The first-order valence-corrected chi connectivity index (χ1v) is 8.47. The Kier molecular flexibility index (Phi) is 4.22. The number of carbonyl (C=O) groups is 1. The normalized spacial score (nSPS) is 21.8. The fraction of sp³-hybridized carbons (Fsp3) is 0.438. The number of carbonyl (C=O) groups excluding carboxylic acids is 1. The third kappa shape index (κ3) is 3.09. The minimum atomic E-state index is -1.15. The SMILES string of the molecule is O=C(NCCCn1ccc2ccccc21)C1(O)CCSC1. The molecule has 1 aromatic carbocycles. The lowest BCUT2D eigenvalue weighted by atomic mass is 10.0. The van der Waals surface area contributed by atoms with Gasteiger partial charge in [-0.3, -0.25) is 4.79 Å². The predicted octanol–water partition coefficient (Wildman–Crippen LogP) is 2.02. The standard InChI is InChI=1S/C16H20N2O2S/c19-15(16(20)7-11-21-12-16)17-8-3-9-18-10-6-13-4-1-2-5-14(13)18/h1-2,4-6,10,20H,3,7-9,11-12H2,(H,17,19). The molecule has 0 radical (unpaired) electrons. The van der Waals surface area contributed by atoms with Gasteiger partial charge in [-0.1, -0.05) is 18.2 Å². The Morgan fingerprint density at radius 3 is 3.05 bits per heavy atom. The Labute approximate surface area is 128 Å². The second-order valence-corrected chi connectivity index (χ2v) is 6.62. The minimum absolute atomic E-state index is 0.218. The molecule has 2 heterocycles. The van der Waals surface area contributed by atoms with Crippen LogP contribution in [0.4, 0.5) is 0 Å². The van der Waals surface area contributed by atoms with E-state index in [9.17, 15) is 9.90 Å². The van der Waals surface area contributed by atoms with E-state index < -0.39 is 5.60 Å². The maximum Gasteiger partial charge on any atom is 0.252 e. The second-order valence-electron chi connectivity index (χ2n) is 5.51. The summed E-state index contributed by atoms with van der Waals surface area (Å²) in [5.74, 6) is 1.16. The van der Waals surface area contributed by atoms with Crippen molar-refractivity contribution >= 4 is 28.6 Å². The van der Waals surface area contributed by atoms with Crippen LogP contribution >= 0.6 is 11.8 Å². The zero-order valence-electron chi connectivity index (χ0n) is 11.9. The molecule has 0 aliphatic carbocycles. The van der Waals surface area contributed by atoms with Crippen LogP contribution < -0.4 is 5.32 Å². The zero-order chi connectivity index (χ0) is 14.7. The van der Waals surface area contributed by atoms with E-state index in [4.69, 9.17) is 0 Å². The number of nitrogens with one attached hydrogen (secondary N) is 1. The van der Waals surface area contributed by atoms with Gasteiger partial charge in [-0.15, -0.1) is 0 Å². The fourth-order valence-electron chi connectivity index (χ4n) is 2.68. The molecule has 3 rings (SSSR count). The minimum Gasteiger partial charge on any atom is -0.379 e. The van der Waals surface area contributed by atoms with Crippen molar-refractivity contribution in [2.24, 2.45) is 0 Å². The Hall–Kier alpha value is -1.46. The molecule has 2 aromatic rings. The van der Waals surface area contributed by atoms with Gasteiger partial charge in [0.15, 0.2) is 5.60 Å². The van der Waals surface area contributed by atoms with Crippen LogP contribution in [0, 0.1) is 0 Å². The summed E-state index contributed by atoms with van der Waals surface area (Å²) < 4.78 is 2.20. The Balaban J connectivity index is 1.49. The molecule has 1 atom stereocenters. The van der Waals surface area contributed by atoms with E-state index in [0.29, 0.717) is 18.7 Å². The van der Waals surface area contributed by atoms with Gasteiger partial charge in [0.1, 0.15) is 0 Å². The molecular formula is C16H20N2O2S. The summed E-state index contributed by atoms with van der Waals surface area (Å²) >= 11 is 1.63. The van der Waals surface area contributed by atoms with Crippen LogP contribution in [0.2, 0.25) is 0 Å². The molecule has 5 heteroatoms. The molecule has 21 heavy (non-hydrogen) atoms. The van der Waals surface area contributed by atoms with Crippen LogP contribution in [0.5, 0.6) is 0 Å². The molecule has 1 saturated heterocycles. The molecule has 0 spiro atoms. The van der Waals surface area contributed by atoms with E-state index in [-0.39, 0.29) is 5.91 Å². The smallest absolute Gasteiger partial charge is 0.252 e. The van der Waals surface area contributed by atoms with Gasteiger partial charge in [0.25, 0.3) is 5.91 Å². The van der Waals surface area contributed by atoms with Crippen LogP contribution in [-0.2, 0) is 11.3 Å². The molecule has 4 nitrogen and oxygen atoms in total. The maximum atomic E-state index is 12.0. The Morgan fingerprint density at radius 2 is 2.24 bits per heavy atom. The van der Waals surface area contributed by atoms with E-state index in [1.165, 1.54) is 10.9 Å². The van der Waals surface area contributed by atoms with Crippen molar-refractivity contribution in [3.05, 3.63) is 36.5 Å². The van der Waals surface area contributed by atoms with Gasteiger partial charge >= 0.3 is 0 Å². The molecule has 0 bridgehead atoms. The zero-order valence-corrected chi connectivity index (χ0v) is 12.7. The number of fused-ring (bicyclic) bond motifs is 1. The van der Waals surface area contributed by atoms with E-state index >= 15 is 0 Å². The van der Waals surface area contributed by atoms with Gasteiger partial charge in [0.05, 0.1) is 0 Å². The van der Waals surface area contributed by atoms with Crippen molar-refractivity contribution in [1.82, 2.24) is 9.88 Å². The quantitative estimate of drug-likeness (QED) is 0.831. The molecule has 2 N–H and O–H groups in total. The van der Waals surface area contributed by atoms with Gasteiger partial charge in [-0.2, -0.15) is 11.8 Å². The molecule has 1 amide bonds. The van der Waals surface area contributed by atoms with Crippen molar-refractivity contribution in [2.75, 3.05) is 18.1 Å². The number of benzene rings is 1. The number of hydrogen-bond acceptors (Lipinski definition) is 3. The Bertz CT molecular complexity index is 632. The number of aromatic nitrogens is 1. The number of thioether (sulfide) groups is 1. The van der Waals surface area contributed by atoms with Crippen molar-refractivity contribution in [2.45, 2.75) is 25.0 Å². The number of para-hydroxylation sites is 1. The van der Waals surface area contributed by atoms with Crippen LogP contribution in [0.1, 0.15) is 12.8 Å². The first-order chi connectivity index (χ1) is 10.2. The van der Waals surface area contributed by atoms with E-state index in [1.807, 2.05) is 12.1 Å². The van der Waals surface area contributed by atoms with Gasteiger partial charge in [0, 0.05) is 30.6 Å².